The third-order valence-electron chi connectivity index (χ3n) is 7.63. The third-order valence-corrected chi connectivity index (χ3v) is 7.63. The van der Waals surface area contributed by atoms with E-state index in [9.17, 15) is 19.8 Å². The Kier molecular flexibility index (Phi) is 6.86. The first-order valence-corrected chi connectivity index (χ1v) is 11.7. The fourth-order valence-corrected chi connectivity index (χ4v) is 5.51. The van der Waals surface area contributed by atoms with Gasteiger partial charge in [-0.25, -0.2) is 4.79 Å². The molecule has 4 atom stereocenters. The highest BCUT2D eigenvalue weighted by molar-refractivity contribution is 5.94. The molecule has 2 aromatic rings. The quantitative estimate of drug-likeness (QED) is 0.583. The molecular weight excluding hydrogens is 418 g/mol. The zero-order valence-electron chi connectivity index (χ0n) is 19.2. The van der Waals surface area contributed by atoms with Crippen molar-refractivity contribution in [1.82, 2.24) is 5.32 Å². The SMILES string of the molecule is CC1(C)C2CC(O)CC1CC(OC(=O)[C@H](O)C(NC(=O)c1ccccc1)c1ccccc1)C2. The molecule has 4 rings (SSSR count). The van der Waals surface area contributed by atoms with E-state index in [1.54, 1.807) is 48.5 Å². The molecule has 2 bridgehead atoms. The smallest absolute Gasteiger partial charge is 0.337 e. The van der Waals surface area contributed by atoms with E-state index >= 15 is 0 Å². The predicted molar refractivity (Wildman–Crippen MR) is 124 cm³/mol. The maximum Gasteiger partial charge on any atom is 0.337 e. The Hall–Kier alpha value is -2.70. The number of amides is 1. The highest BCUT2D eigenvalue weighted by Gasteiger charge is 2.49. The second-order valence-electron chi connectivity index (χ2n) is 10.0. The lowest BCUT2D eigenvalue weighted by molar-refractivity contribution is -0.171. The van der Waals surface area contributed by atoms with Gasteiger partial charge in [0.25, 0.3) is 5.91 Å². The molecule has 33 heavy (non-hydrogen) atoms. The number of rotatable bonds is 6. The largest absolute Gasteiger partial charge is 0.460 e. The van der Waals surface area contributed by atoms with Crippen LogP contribution < -0.4 is 5.32 Å². The molecule has 0 aliphatic heterocycles. The number of aliphatic hydroxyl groups excluding tert-OH is 2. The number of esters is 1. The van der Waals surface area contributed by atoms with Crippen molar-refractivity contribution >= 4 is 11.9 Å². The second kappa shape index (κ2) is 9.65. The van der Waals surface area contributed by atoms with Crippen LogP contribution in [0, 0.1) is 17.3 Å². The van der Waals surface area contributed by atoms with E-state index in [0.717, 1.165) is 0 Å². The van der Waals surface area contributed by atoms with Gasteiger partial charge in [-0.05, 0) is 60.6 Å². The van der Waals surface area contributed by atoms with E-state index in [-0.39, 0.29) is 35.4 Å². The van der Waals surface area contributed by atoms with Gasteiger partial charge in [0.2, 0.25) is 0 Å². The molecule has 1 amide bonds. The lowest BCUT2D eigenvalue weighted by Crippen LogP contribution is -2.50. The second-order valence-corrected chi connectivity index (χ2v) is 10.0. The monoisotopic (exact) mass is 451 g/mol. The summed E-state index contributed by atoms with van der Waals surface area (Å²) < 4.78 is 5.79. The molecule has 2 aliphatic rings. The van der Waals surface area contributed by atoms with E-state index in [2.05, 4.69) is 19.2 Å². The molecule has 6 heteroatoms. The summed E-state index contributed by atoms with van der Waals surface area (Å²) in [4.78, 5) is 25.8. The van der Waals surface area contributed by atoms with Crippen molar-refractivity contribution in [2.24, 2.45) is 17.3 Å². The number of hydrogen-bond acceptors (Lipinski definition) is 5. The van der Waals surface area contributed by atoms with Gasteiger partial charge in [-0.15, -0.1) is 0 Å². The van der Waals surface area contributed by atoms with Crippen molar-refractivity contribution in [1.29, 1.82) is 0 Å². The van der Waals surface area contributed by atoms with Crippen LogP contribution in [0.3, 0.4) is 0 Å². The van der Waals surface area contributed by atoms with Gasteiger partial charge < -0.3 is 20.3 Å². The van der Waals surface area contributed by atoms with Gasteiger partial charge in [0.05, 0.1) is 12.1 Å². The van der Waals surface area contributed by atoms with Crippen molar-refractivity contribution in [2.45, 2.75) is 63.9 Å². The zero-order valence-corrected chi connectivity index (χ0v) is 19.2. The zero-order chi connectivity index (χ0) is 23.6. The molecular formula is C27H33NO5. The molecule has 0 heterocycles. The first-order chi connectivity index (χ1) is 15.8. The van der Waals surface area contributed by atoms with Crippen molar-refractivity contribution in [3.8, 4) is 0 Å². The van der Waals surface area contributed by atoms with Crippen molar-refractivity contribution < 1.29 is 24.5 Å². The maximum atomic E-state index is 13.0. The minimum Gasteiger partial charge on any atom is -0.460 e. The molecule has 0 saturated heterocycles. The summed E-state index contributed by atoms with van der Waals surface area (Å²) in [5.41, 5.74) is 1.16. The molecule has 176 valence electrons. The van der Waals surface area contributed by atoms with Gasteiger partial charge in [0.1, 0.15) is 6.10 Å². The van der Waals surface area contributed by atoms with E-state index < -0.39 is 18.1 Å². The fraction of sp³-hybridized carbons (Fsp3) is 0.481. The van der Waals surface area contributed by atoms with Crippen LogP contribution in [0.25, 0.3) is 0 Å². The Morgan fingerprint density at radius 1 is 0.939 bits per heavy atom. The van der Waals surface area contributed by atoms with Crippen LogP contribution in [0.1, 0.15) is 61.5 Å². The summed E-state index contributed by atoms with van der Waals surface area (Å²) in [6.45, 7) is 4.46. The van der Waals surface area contributed by atoms with Gasteiger partial charge in [-0.1, -0.05) is 62.4 Å². The average molecular weight is 452 g/mol. The first kappa shape index (κ1) is 23.5. The highest BCUT2D eigenvalue weighted by Crippen LogP contribution is 2.53. The van der Waals surface area contributed by atoms with E-state index in [1.165, 1.54) is 0 Å². The highest BCUT2D eigenvalue weighted by atomic mass is 16.6. The minimum absolute atomic E-state index is 0.0942. The molecule has 6 nitrogen and oxygen atoms in total. The Morgan fingerprint density at radius 2 is 1.48 bits per heavy atom. The molecule has 0 aromatic heterocycles. The van der Waals surface area contributed by atoms with Crippen molar-refractivity contribution in [3.05, 3.63) is 71.8 Å². The standard InChI is InChI=1S/C27H33NO5/c1-27(2)19-13-21(29)14-20(27)16-22(15-19)33-26(32)24(30)23(17-9-5-3-6-10-17)28-25(31)18-11-7-4-8-12-18/h3-12,19-24,29-30H,13-16H2,1-2H3,(H,28,31)/t19?,20?,21?,22?,23?,24-/m1/s1. The molecule has 0 spiro atoms. The fourth-order valence-electron chi connectivity index (χ4n) is 5.51. The maximum absolute atomic E-state index is 13.0. The van der Waals surface area contributed by atoms with Gasteiger partial charge >= 0.3 is 5.97 Å². The van der Waals surface area contributed by atoms with Gasteiger partial charge in [0.15, 0.2) is 6.10 Å². The first-order valence-electron chi connectivity index (χ1n) is 11.7. The van der Waals surface area contributed by atoms with Crippen LogP contribution >= 0.6 is 0 Å². The summed E-state index contributed by atoms with van der Waals surface area (Å²) in [7, 11) is 0. The van der Waals surface area contributed by atoms with Crippen LogP contribution in [-0.2, 0) is 9.53 Å². The molecule has 3 unspecified atom stereocenters. The number of benzene rings is 2. The van der Waals surface area contributed by atoms with Crippen molar-refractivity contribution in [3.63, 3.8) is 0 Å². The Labute approximate surface area is 195 Å². The minimum atomic E-state index is -1.54. The van der Waals surface area contributed by atoms with Gasteiger partial charge in [-0.3, -0.25) is 4.79 Å². The molecule has 3 N–H and O–H groups in total. The van der Waals surface area contributed by atoms with Crippen LogP contribution in [0.2, 0.25) is 0 Å². The molecule has 2 aliphatic carbocycles. The summed E-state index contributed by atoms with van der Waals surface area (Å²) in [5.74, 6) is -0.588. The van der Waals surface area contributed by atoms with Crippen LogP contribution in [0.15, 0.2) is 60.7 Å². The van der Waals surface area contributed by atoms with E-state index in [1.807, 2.05) is 12.1 Å². The number of carbonyl (C=O) groups excluding carboxylic acids is 2. The molecule has 2 aromatic carbocycles. The number of ether oxygens (including phenoxy) is 1. The average Bonchev–Trinajstić information content (AvgIpc) is 2.79. The molecule has 2 saturated carbocycles. The van der Waals surface area contributed by atoms with E-state index in [0.29, 0.717) is 36.8 Å². The Bertz CT molecular complexity index is 943. The topological polar surface area (TPSA) is 95.9 Å². The van der Waals surface area contributed by atoms with Crippen LogP contribution in [-0.4, -0.2) is 40.4 Å². The Morgan fingerprint density at radius 3 is 2.06 bits per heavy atom. The molecule has 0 radical (unpaired) electrons. The molecule has 2 fully saturated rings. The normalized spacial score (nSPS) is 27.8. The number of fused-ring (bicyclic) bond motifs is 2. The number of carbonyl (C=O) groups is 2. The number of aliphatic hydroxyl groups is 2. The third kappa shape index (κ3) is 5.12. The summed E-state index contributed by atoms with van der Waals surface area (Å²) in [6, 6.07) is 16.7. The summed E-state index contributed by atoms with van der Waals surface area (Å²) in [5, 5.41) is 24.0. The number of nitrogens with one attached hydrogen (secondary N) is 1. The number of hydrogen-bond donors (Lipinski definition) is 3. The summed E-state index contributed by atoms with van der Waals surface area (Å²) >= 11 is 0. The lowest BCUT2D eigenvalue weighted by Gasteiger charge is -2.52. The summed E-state index contributed by atoms with van der Waals surface area (Å²) in [6.07, 6.45) is 0.617. The lowest BCUT2D eigenvalue weighted by atomic mass is 9.55. The van der Waals surface area contributed by atoms with Gasteiger partial charge in [0, 0.05) is 5.56 Å². The van der Waals surface area contributed by atoms with Gasteiger partial charge in [-0.2, -0.15) is 0 Å². The Balaban J connectivity index is 1.47. The van der Waals surface area contributed by atoms with Crippen LogP contribution in [0.4, 0.5) is 0 Å². The van der Waals surface area contributed by atoms with E-state index in [4.69, 9.17) is 4.74 Å². The predicted octanol–water partition coefficient (Wildman–Crippen LogP) is 3.64. The van der Waals surface area contributed by atoms with Crippen LogP contribution in [0.5, 0.6) is 0 Å². The van der Waals surface area contributed by atoms with Crippen molar-refractivity contribution in [2.75, 3.05) is 0 Å².